The summed E-state index contributed by atoms with van der Waals surface area (Å²) in [5.41, 5.74) is 4.55. The maximum Gasteiger partial charge on any atom is 0.280 e. The van der Waals surface area contributed by atoms with Crippen LogP contribution < -0.4 is 10.5 Å². The van der Waals surface area contributed by atoms with Crippen LogP contribution in [-0.2, 0) is 6.54 Å². The maximum atomic E-state index is 13.8. The first-order valence-electron chi connectivity index (χ1n) is 10.9. The molecule has 0 aliphatic rings. The summed E-state index contributed by atoms with van der Waals surface area (Å²) in [6.45, 7) is 4.42. The van der Waals surface area contributed by atoms with Crippen LogP contribution in [0.5, 0.6) is 0 Å². The minimum Gasteiger partial charge on any atom is -0.278 e. The number of thiazole rings is 1. The summed E-state index contributed by atoms with van der Waals surface area (Å²) in [5.74, 6) is -0.318. The number of amides is 1. The van der Waals surface area contributed by atoms with Crippen LogP contribution in [0.2, 0.25) is 0 Å². The molecule has 168 valence electrons. The molecular weight excluding hydrogens is 444 g/mol. The van der Waals surface area contributed by atoms with Crippen LogP contribution in [0.15, 0.2) is 89.7 Å². The fraction of sp³-hybridized carbons (Fsp3) is 0.111. The molecule has 34 heavy (non-hydrogen) atoms. The van der Waals surface area contributed by atoms with Crippen molar-refractivity contribution in [1.82, 2.24) is 14.8 Å². The lowest BCUT2D eigenvalue weighted by Crippen LogP contribution is -2.33. The van der Waals surface area contributed by atoms with Crippen LogP contribution in [0.4, 0.5) is 5.13 Å². The third-order valence-electron chi connectivity index (χ3n) is 5.50. The molecule has 0 fully saturated rings. The molecule has 7 heteroatoms. The van der Waals surface area contributed by atoms with Crippen molar-refractivity contribution in [2.45, 2.75) is 20.4 Å². The van der Waals surface area contributed by atoms with Gasteiger partial charge in [-0.15, -0.1) is 0 Å². The minimum atomic E-state index is -0.318. The molecule has 0 atom stereocenters. The SMILES string of the molecule is Cc1cc(C)c2nc(N(Cc3ccccc3)C(=O)c3ccc(=O)n(-c4ccccc4)n3)sc2c1. The summed E-state index contributed by atoms with van der Waals surface area (Å²) >= 11 is 1.48. The highest BCUT2D eigenvalue weighted by molar-refractivity contribution is 7.22. The minimum absolute atomic E-state index is 0.173. The molecule has 2 aromatic heterocycles. The standard InChI is InChI=1S/C27H22N4O2S/c1-18-15-19(2)25-23(16-18)34-27(28-25)30(17-20-9-5-3-6-10-20)26(33)22-13-14-24(32)31(29-22)21-11-7-4-8-12-21/h3-16H,17H2,1-2H3. The Hall–Kier alpha value is -4.10. The number of para-hydroxylation sites is 1. The van der Waals surface area contributed by atoms with Gasteiger partial charge in [-0.2, -0.15) is 9.78 Å². The summed E-state index contributed by atoms with van der Waals surface area (Å²) in [7, 11) is 0. The Morgan fingerprint density at radius 1 is 0.941 bits per heavy atom. The molecule has 0 aliphatic heterocycles. The monoisotopic (exact) mass is 466 g/mol. The summed E-state index contributed by atoms with van der Waals surface area (Å²) in [6, 6.07) is 25.9. The highest BCUT2D eigenvalue weighted by atomic mass is 32.1. The molecule has 0 radical (unpaired) electrons. The molecule has 1 amide bonds. The first kappa shape index (κ1) is 21.7. The predicted octanol–water partition coefficient (Wildman–Crippen LogP) is 5.31. The summed E-state index contributed by atoms with van der Waals surface area (Å²) in [5, 5.41) is 5.00. The number of carbonyl (C=O) groups excluding carboxylic acids is 1. The zero-order valence-corrected chi connectivity index (χ0v) is 19.6. The van der Waals surface area contributed by atoms with E-state index in [-0.39, 0.29) is 17.2 Å². The van der Waals surface area contributed by atoms with Gasteiger partial charge in [0.2, 0.25) is 0 Å². The molecule has 5 aromatic rings. The van der Waals surface area contributed by atoms with Crippen molar-refractivity contribution in [1.29, 1.82) is 0 Å². The highest BCUT2D eigenvalue weighted by Crippen LogP contribution is 2.33. The van der Waals surface area contributed by atoms with Crippen molar-refractivity contribution in [3.8, 4) is 5.69 Å². The molecule has 0 saturated carbocycles. The van der Waals surface area contributed by atoms with Gasteiger partial charge in [0.25, 0.3) is 11.5 Å². The van der Waals surface area contributed by atoms with E-state index in [1.54, 1.807) is 17.0 Å². The van der Waals surface area contributed by atoms with Crippen molar-refractivity contribution in [2.24, 2.45) is 0 Å². The lowest BCUT2D eigenvalue weighted by atomic mass is 10.1. The van der Waals surface area contributed by atoms with E-state index in [1.165, 1.54) is 28.2 Å². The average molecular weight is 467 g/mol. The molecule has 3 aromatic carbocycles. The van der Waals surface area contributed by atoms with Crippen molar-refractivity contribution < 1.29 is 4.79 Å². The van der Waals surface area contributed by atoms with Gasteiger partial charge in [-0.05, 0) is 54.8 Å². The molecule has 5 rings (SSSR count). The van der Waals surface area contributed by atoms with Crippen LogP contribution in [0.1, 0.15) is 27.2 Å². The van der Waals surface area contributed by atoms with Gasteiger partial charge in [-0.25, -0.2) is 4.98 Å². The molecule has 0 bridgehead atoms. The van der Waals surface area contributed by atoms with Crippen molar-refractivity contribution in [3.05, 3.63) is 118 Å². The first-order valence-corrected chi connectivity index (χ1v) is 11.7. The van der Waals surface area contributed by atoms with Crippen LogP contribution in [0.3, 0.4) is 0 Å². The van der Waals surface area contributed by atoms with Gasteiger partial charge in [0.15, 0.2) is 5.13 Å². The van der Waals surface area contributed by atoms with Crippen molar-refractivity contribution in [3.63, 3.8) is 0 Å². The summed E-state index contributed by atoms with van der Waals surface area (Å²) < 4.78 is 2.28. The molecular formula is C27H22N4O2S. The highest BCUT2D eigenvalue weighted by Gasteiger charge is 2.24. The van der Waals surface area contributed by atoms with Gasteiger partial charge in [0.1, 0.15) is 5.69 Å². The molecule has 6 nitrogen and oxygen atoms in total. The van der Waals surface area contributed by atoms with E-state index in [0.717, 1.165) is 26.9 Å². The van der Waals surface area contributed by atoms with Crippen LogP contribution in [0.25, 0.3) is 15.9 Å². The Morgan fingerprint density at radius 2 is 1.65 bits per heavy atom. The Kier molecular flexibility index (Phi) is 5.77. The second-order valence-corrected chi connectivity index (χ2v) is 9.12. The number of aryl methyl sites for hydroxylation is 2. The van der Waals surface area contributed by atoms with E-state index in [4.69, 9.17) is 4.98 Å². The number of nitrogens with zero attached hydrogens (tertiary/aromatic N) is 4. The van der Waals surface area contributed by atoms with E-state index >= 15 is 0 Å². The number of fused-ring (bicyclic) bond motifs is 1. The second kappa shape index (κ2) is 9.03. The van der Waals surface area contributed by atoms with Crippen LogP contribution in [0, 0.1) is 13.8 Å². The number of rotatable bonds is 5. The molecule has 0 spiro atoms. The summed E-state index contributed by atoms with van der Waals surface area (Å²) in [4.78, 5) is 32.7. The number of carbonyl (C=O) groups is 1. The fourth-order valence-electron chi connectivity index (χ4n) is 3.88. The van der Waals surface area contributed by atoms with Gasteiger partial charge in [-0.3, -0.25) is 14.5 Å². The van der Waals surface area contributed by atoms with E-state index in [1.807, 2.05) is 55.5 Å². The average Bonchev–Trinajstić information content (AvgIpc) is 3.28. The van der Waals surface area contributed by atoms with Crippen LogP contribution >= 0.6 is 11.3 Å². The van der Waals surface area contributed by atoms with Crippen LogP contribution in [-0.4, -0.2) is 20.7 Å². The van der Waals surface area contributed by atoms with Gasteiger partial charge in [0.05, 0.1) is 22.4 Å². The largest absolute Gasteiger partial charge is 0.280 e. The molecule has 0 unspecified atom stereocenters. The van der Waals surface area contributed by atoms with E-state index < -0.39 is 0 Å². The van der Waals surface area contributed by atoms with E-state index in [9.17, 15) is 9.59 Å². The smallest absolute Gasteiger partial charge is 0.278 e. The first-order chi connectivity index (χ1) is 16.5. The quantitative estimate of drug-likeness (QED) is 0.352. The number of anilines is 1. The lowest BCUT2D eigenvalue weighted by molar-refractivity contribution is 0.0978. The molecule has 0 N–H and O–H groups in total. The maximum absolute atomic E-state index is 13.8. The summed E-state index contributed by atoms with van der Waals surface area (Å²) in [6.07, 6.45) is 0. The zero-order chi connectivity index (χ0) is 23.7. The molecule has 0 saturated heterocycles. The van der Waals surface area contributed by atoms with Crippen molar-refractivity contribution >= 4 is 32.6 Å². The molecule has 0 aliphatic carbocycles. The third-order valence-corrected chi connectivity index (χ3v) is 6.52. The normalized spacial score (nSPS) is 11.0. The third kappa shape index (κ3) is 4.25. The topological polar surface area (TPSA) is 68.1 Å². The lowest BCUT2D eigenvalue weighted by Gasteiger charge is -2.20. The Balaban J connectivity index is 1.60. The van der Waals surface area contributed by atoms with E-state index in [0.29, 0.717) is 17.4 Å². The van der Waals surface area contributed by atoms with Gasteiger partial charge < -0.3 is 0 Å². The number of aromatic nitrogens is 3. The zero-order valence-electron chi connectivity index (χ0n) is 18.8. The van der Waals surface area contributed by atoms with Gasteiger partial charge in [-0.1, -0.05) is 65.9 Å². The number of hydrogen-bond donors (Lipinski definition) is 0. The fourth-order valence-corrected chi connectivity index (χ4v) is 5.02. The predicted molar refractivity (Wildman–Crippen MR) is 136 cm³/mol. The number of benzene rings is 3. The Labute approximate surface area is 200 Å². The number of hydrogen-bond acceptors (Lipinski definition) is 5. The van der Waals surface area contributed by atoms with Crippen molar-refractivity contribution in [2.75, 3.05) is 4.90 Å². The van der Waals surface area contributed by atoms with Gasteiger partial charge >= 0.3 is 0 Å². The Morgan fingerprint density at radius 3 is 2.38 bits per heavy atom. The van der Waals surface area contributed by atoms with Gasteiger partial charge in [0, 0.05) is 6.07 Å². The molecule has 2 heterocycles. The second-order valence-electron chi connectivity index (χ2n) is 8.11. The van der Waals surface area contributed by atoms with E-state index in [2.05, 4.69) is 24.2 Å². The Bertz CT molecular complexity index is 1540.